The first-order chi connectivity index (χ1) is 8.74. The van der Waals surface area contributed by atoms with E-state index in [9.17, 15) is 4.79 Å². The lowest BCUT2D eigenvalue weighted by Gasteiger charge is -2.08. The van der Waals surface area contributed by atoms with Crippen molar-refractivity contribution in [3.63, 3.8) is 0 Å². The minimum absolute atomic E-state index is 0.00278. The Balaban J connectivity index is 2.21. The van der Waals surface area contributed by atoms with Crippen molar-refractivity contribution in [2.75, 3.05) is 0 Å². The highest BCUT2D eigenvalue weighted by Gasteiger charge is 2.10. The maximum Gasteiger partial charge on any atom is 0.193 e. The van der Waals surface area contributed by atoms with Crippen LogP contribution in [0.5, 0.6) is 0 Å². The van der Waals surface area contributed by atoms with Gasteiger partial charge in [-0.25, -0.2) is 0 Å². The number of hydrogen-bond acceptors (Lipinski definition) is 2. The summed E-state index contributed by atoms with van der Waals surface area (Å²) in [6.45, 7) is 0. The first-order valence-corrected chi connectivity index (χ1v) is 6.63. The van der Waals surface area contributed by atoms with Gasteiger partial charge >= 0.3 is 0 Å². The third-order valence-electron chi connectivity index (χ3n) is 3.02. The molecule has 0 radical (unpaired) electrons. The molecular weight excluding hydrogens is 292 g/mol. The fraction of sp³-hybridized carbons (Fsp3) is 0.133. The number of benzene rings is 1. The van der Waals surface area contributed by atoms with Gasteiger partial charge in [0.25, 0.3) is 0 Å². The Morgan fingerprint density at radius 1 is 1.22 bits per heavy atom. The fourth-order valence-electron chi connectivity index (χ4n) is 2.09. The van der Waals surface area contributed by atoms with E-state index in [1.807, 2.05) is 24.3 Å². The molecule has 2 aromatic rings. The van der Waals surface area contributed by atoms with Crippen LogP contribution in [0.4, 0.5) is 0 Å². The molecule has 3 heteroatoms. The summed E-state index contributed by atoms with van der Waals surface area (Å²) in [5.74, 6) is 0.680. The van der Waals surface area contributed by atoms with Crippen LogP contribution in [-0.2, 0) is 0 Å². The summed E-state index contributed by atoms with van der Waals surface area (Å²) in [6, 6.07) is 7.08. The summed E-state index contributed by atoms with van der Waals surface area (Å²) < 4.78 is 6.70. The average molecular weight is 303 g/mol. The highest BCUT2D eigenvalue weighted by atomic mass is 79.9. The maximum atomic E-state index is 12.1. The van der Waals surface area contributed by atoms with Gasteiger partial charge in [0.2, 0.25) is 0 Å². The Morgan fingerprint density at radius 2 is 2.11 bits per heavy atom. The number of allylic oxidation sites excluding steroid dienone is 4. The van der Waals surface area contributed by atoms with Gasteiger partial charge in [-0.15, -0.1) is 0 Å². The van der Waals surface area contributed by atoms with Crippen molar-refractivity contribution in [3.8, 4) is 0 Å². The lowest BCUT2D eigenvalue weighted by atomic mass is 10.0. The highest BCUT2D eigenvalue weighted by molar-refractivity contribution is 9.10. The molecule has 0 saturated carbocycles. The topological polar surface area (TPSA) is 30.2 Å². The SMILES string of the molecule is O=c1cc(C2=CC=CCC2)oc2ccc(Br)cc12. The third-order valence-corrected chi connectivity index (χ3v) is 3.51. The zero-order valence-corrected chi connectivity index (χ0v) is 11.2. The molecule has 1 heterocycles. The molecule has 1 aliphatic carbocycles. The minimum atomic E-state index is 0.00278. The summed E-state index contributed by atoms with van der Waals surface area (Å²) in [4.78, 5) is 12.1. The van der Waals surface area contributed by atoms with Crippen molar-refractivity contribution in [1.29, 1.82) is 0 Å². The Kier molecular flexibility index (Phi) is 2.92. The number of hydrogen-bond donors (Lipinski definition) is 0. The highest BCUT2D eigenvalue weighted by Crippen LogP contribution is 2.25. The molecule has 1 aromatic carbocycles. The Hall–Kier alpha value is -1.61. The summed E-state index contributed by atoms with van der Waals surface area (Å²) in [7, 11) is 0. The van der Waals surface area contributed by atoms with Crippen LogP contribution in [0.3, 0.4) is 0 Å². The average Bonchev–Trinajstić information content (AvgIpc) is 2.40. The van der Waals surface area contributed by atoms with Gasteiger partial charge in [-0.05, 0) is 36.6 Å². The zero-order chi connectivity index (χ0) is 12.5. The molecule has 0 fully saturated rings. The molecule has 90 valence electrons. The van der Waals surface area contributed by atoms with Crippen molar-refractivity contribution in [1.82, 2.24) is 0 Å². The second kappa shape index (κ2) is 4.58. The van der Waals surface area contributed by atoms with Crippen LogP contribution in [0, 0.1) is 0 Å². The number of rotatable bonds is 1. The van der Waals surface area contributed by atoms with Crippen LogP contribution in [0.2, 0.25) is 0 Å². The van der Waals surface area contributed by atoms with E-state index in [0.29, 0.717) is 16.7 Å². The standard InChI is InChI=1S/C15H11BrO2/c16-11-6-7-14-12(8-11)13(17)9-15(18-14)10-4-2-1-3-5-10/h1-2,4,6-9H,3,5H2. The molecular formula is C15H11BrO2. The smallest absolute Gasteiger partial charge is 0.193 e. The van der Waals surface area contributed by atoms with Gasteiger partial charge in [-0.2, -0.15) is 0 Å². The zero-order valence-electron chi connectivity index (χ0n) is 9.65. The molecule has 0 unspecified atom stereocenters. The first kappa shape index (κ1) is 11.5. The molecule has 0 bridgehead atoms. The molecule has 0 atom stereocenters. The summed E-state index contributed by atoms with van der Waals surface area (Å²) in [5.41, 5.74) is 1.72. The van der Waals surface area contributed by atoms with Crippen molar-refractivity contribution in [3.05, 3.63) is 62.9 Å². The van der Waals surface area contributed by atoms with Crippen molar-refractivity contribution < 1.29 is 4.42 Å². The first-order valence-electron chi connectivity index (χ1n) is 5.83. The summed E-state index contributed by atoms with van der Waals surface area (Å²) >= 11 is 3.36. The fourth-order valence-corrected chi connectivity index (χ4v) is 2.46. The molecule has 0 aliphatic heterocycles. The van der Waals surface area contributed by atoms with Crippen LogP contribution < -0.4 is 5.43 Å². The second-order valence-corrected chi connectivity index (χ2v) is 5.19. The van der Waals surface area contributed by atoms with Crippen LogP contribution >= 0.6 is 15.9 Å². The van der Waals surface area contributed by atoms with Crippen LogP contribution in [0.1, 0.15) is 18.6 Å². The molecule has 0 saturated heterocycles. The molecule has 0 spiro atoms. The molecule has 1 aromatic heterocycles. The second-order valence-electron chi connectivity index (χ2n) is 4.27. The minimum Gasteiger partial charge on any atom is -0.456 e. The van der Waals surface area contributed by atoms with Gasteiger partial charge in [-0.1, -0.05) is 34.2 Å². The molecule has 3 rings (SSSR count). The van der Waals surface area contributed by atoms with Gasteiger partial charge in [-0.3, -0.25) is 4.79 Å². The molecule has 0 amide bonds. The van der Waals surface area contributed by atoms with Crippen LogP contribution in [-0.4, -0.2) is 0 Å². The number of fused-ring (bicyclic) bond motifs is 1. The quantitative estimate of drug-likeness (QED) is 0.786. The Morgan fingerprint density at radius 3 is 2.89 bits per heavy atom. The molecule has 18 heavy (non-hydrogen) atoms. The molecule has 0 N–H and O–H groups in total. The number of halogens is 1. The van der Waals surface area contributed by atoms with Gasteiger partial charge in [0.15, 0.2) is 5.43 Å². The predicted octanol–water partition coefficient (Wildman–Crippen LogP) is 4.29. The van der Waals surface area contributed by atoms with E-state index in [1.54, 1.807) is 12.1 Å². The lowest BCUT2D eigenvalue weighted by Crippen LogP contribution is -2.02. The molecule has 2 nitrogen and oxygen atoms in total. The van der Waals surface area contributed by atoms with Crippen molar-refractivity contribution in [2.45, 2.75) is 12.8 Å². The van der Waals surface area contributed by atoms with E-state index < -0.39 is 0 Å². The maximum absolute atomic E-state index is 12.1. The Bertz CT molecular complexity index is 723. The van der Waals surface area contributed by atoms with Gasteiger partial charge in [0, 0.05) is 10.5 Å². The van der Waals surface area contributed by atoms with Gasteiger partial charge < -0.3 is 4.42 Å². The molecule has 1 aliphatic rings. The lowest BCUT2D eigenvalue weighted by molar-refractivity contribution is 0.582. The van der Waals surface area contributed by atoms with E-state index in [1.165, 1.54) is 0 Å². The van der Waals surface area contributed by atoms with Crippen molar-refractivity contribution in [2.24, 2.45) is 0 Å². The van der Waals surface area contributed by atoms with Gasteiger partial charge in [0.1, 0.15) is 11.3 Å². The van der Waals surface area contributed by atoms with Crippen LogP contribution in [0.25, 0.3) is 16.5 Å². The third kappa shape index (κ3) is 2.06. The van der Waals surface area contributed by atoms with Crippen molar-refractivity contribution >= 4 is 32.5 Å². The van der Waals surface area contributed by atoms with E-state index in [4.69, 9.17) is 4.42 Å². The normalized spacial score (nSPS) is 14.8. The van der Waals surface area contributed by atoms with E-state index >= 15 is 0 Å². The predicted molar refractivity (Wildman–Crippen MR) is 76.5 cm³/mol. The van der Waals surface area contributed by atoms with Gasteiger partial charge in [0.05, 0.1) is 5.39 Å². The summed E-state index contributed by atoms with van der Waals surface area (Å²) in [5, 5.41) is 0.611. The summed E-state index contributed by atoms with van der Waals surface area (Å²) in [6.07, 6.45) is 8.03. The van der Waals surface area contributed by atoms with E-state index in [0.717, 1.165) is 22.9 Å². The largest absolute Gasteiger partial charge is 0.456 e. The van der Waals surface area contributed by atoms with E-state index in [2.05, 4.69) is 22.0 Å². The van der Waals surface area contributed by atoms with E-state index in [-0.39, 0.29) is 5.43 Å². The monoisotopic (exact) mass is 302 g/mol. The Labute approximate surface area is 113 Å². The van der Waals surface area contributed by atoms with Crippen LogP contribution in [0.15, 0.2) is 56.2 Å².